The van der Waals surface area contributed by atoms with E-state index in [2.05, 4.69) is 10.3 Å². The van der Waals surface area contributed by atoms with Gasteiger partial charge in [0, 0.05) is 31.3 Å². The maximum Gasteiger partial charge on any atom is 0.407 e. The molecule has 1 atom stereocenters. The van der Waals surface area contributed by atoms with Crippen LogP contribution in [0.25, 0.3) is 11.1 Å². The molecule has 2 amide bonds. The Balaban J connectivity index is 1.44. The first-order valence-corrected chi connectivity index (χ1v) is 14.7. The molecule has 1 heterocycles. The van der Waals surface area contributed by atoms with Crippen molar-refractivity contribution < 1.29 is 38.4 Å². The fourth-order valence-corrected chi connectivity index (χ4v) is 5.20. The summed E-state index contributed by atoms with van der Waals surface area (Å²) in [5.74, 6) is -2.20. The zero-order valence-electron chi connectivity index (χ0n) is 25.7. The summed E-state index contributed by atoms with van der Waals surface area (Å²) < 4.78 is 22.7. The number of rotatable bonds is 17. The number of nitrogens with zero attached hydrogens (tertiary/aromatic N) is 2. The van der Waals surface area contributed by atoms with E-state index in [9.17, 15) is 29.1 Å². The highest BCUT2D eigenvalue weighted by atomic mass is 16.6. The molecule has 0 radical (unpaired) electrons. The van der Waals surface area contributed by atoms with Crippen molar-refractivity contribution in [1.29, 1.82) is 0 Å². The van der Waals surface area contributed by atoms with Crippen LogP contribution in [-0.4, -0.2) is 103 Å². The van der Waals surface area contributed by atoms with E-state index < -0.39 is 48.4 Å². The lowest BCUT2D eigenvalue weighted by molar-refractivity contribution is -0.145. The Morgan fingerprint density at radius 1 is 0.978 bits per heavy atom. The van der Waals surface area contributed by atoms with Crippen molar-refractivity contribution in [2.24, 2.45) is 0 Å². The predicted octanol–water partition coefficient (Wildman–Crippen LogP) is 1.35. The van der Waals surface area contributed by atoms with Crippen LogP contribution in [0.15, 0.2) is 64.3 Å². The first-order chi connectivity index (χ1) is 22.2. The highest BCUT2D eigenvalue weighted by molar-refractivity contribution is 5.81. The summed E-state index contributed by atoms with van der Waals surface area (Å²) in [7, 11) is 1.55. The molecule has 0 fully saturated rings. The number of aromatic nitrogens is 2. The van der Waals surface area contributed by atoms with Gasteiger partial charge in [-0.1, -0.05) is 48.5 Å². The molecule has 0 unspecified atom stereocenters. The second-order valence-electron chi connectivity index (χ2n) is 10.7. The molecule has 3 aromatic rings. The Kier molecular flexibility index (Phi) is 12.2. The van der Waals surface area contributed by atoms with Gasteiger partial charge in [-0.15, -0.1) is 0 Å². The van der Waals surface area contributed by atoms with Gasteiger partial charge in [0.2, 0.25) is 5.91 Å². The van der Waals surface area contributed by atoms with Gasteiger partial charge >= 0.3 is 17.8 Å². The first kappa shape index (κ1) is 34.1. The topological polar surface area (TPSA) is 178 Å². The van der Waals surface area contributed by atoms with Crippen molar-refractivity contribution in [3.63, 3.8) is 0 Å². The number of amides is 2. The monoisotopic (exact) mass is 638 g/mol. The molecule has 1 aliphatic carbocycles. The number of fused-ring (bicyclic) bond motifs is 3. The number of nitrogens with one attached hydrogen (secondary N) is 2. The number of aryl methyl sites for hydroxylation is 1. The zero-order chi connectivity index (χ0) is 33.1. The molecule has 14 heteroatoms. The van der Waals surface area contributed by atoms with Gasteiger partial charge in [0.1, 0.15) is 19.7 Å². The van der Waals surface area contributed by atoms with E-state index in [1.807, 2.05) is 48.5 Å². The first-order valence-electron chi connectivity index (χ1n) is 14.7. The van der Waals surface area contributed by atoms with Crippen molar-refractivity contribution >= 4 is 18.0 Å². The molecule has 0 saturated heterocycles. The molecule has 0 saturated carbocycles. The van der Waals surface area contributed by atoms with Crippen molar-refractivity contribution in [2.45, 2.75) is 25.4 Å². The number of alkyl carbamates (subject to hydrolysis) is 1. The van der Waals surface area contributed by atoms with Crippen molar-refractivity contribution in [3.05, 3.63) is 92.3 Å². The second-order valence-corrected chi connectivity index (χ2v) is 10.7. The molecule has 46 heavy (non-hydrogen) atoms. The van der Waals surface area contributed by atoms with Crippen LogP contribution in [-0.2, 0) is 35.1 Å². The Hall–Kier alpha value is -4.79. The van der Waals surface area contributed by atoms with Gasteiger partial charge in [0.15, 0.2) is 0 Å². The number of carbonyl (C=O) groups is 3. The maximum absolute atomic E-state index is 13.2. The number of carboxylic acid groups (broad SMARTS) is 1. The number of hydrogen-bond acceptors (Lipinski definition) is 9. The molecule has 246 valence electrons. The number of ether oxygens (including phenoxy) is 4. The third-order valence-electron chi connectivity index (χ3n) is 7.40. The maximum atomic E-state index is 13.2. The van der Waals surface area contributed by atoms with Gasteiger partial charge in [0.25, 0.3) is 5.56 Å². The fraction of sp³-hybridized carbons (Fsp3) is 0.406. The van der Waals surface area contributed by atoms with Crippen LogP contribution < -0.4 is 16.6 Å². The summed E-state index contributed by atoms with van der Waals surface area (Å²) in [5, 5.41) is 12.2. The third kappa shape index (κ3) is 9.12. The van der Waals surface area contributed by atoms with Crippen LogP contribution in [0.1, 0.15) is 22.6 Å². The predicted molar refractivity (Wildman–Crippen MR) is 166 cm³/mol. The largest absolute Gasteiger partial charge is 0.480 e. The Morgan fingerprint density at radius 2 is 1.61 bits per heavy atom. The van der Waals surface area contributed by atoms with Crippen LogP contribution in [0.3, 0.4) is 0 Å². The molecular formula is C32H38N4O10. The minimum atomic E-state index is -1.30. The molecule has 0 aliphatic heterocycles. The van der Waals surface area contributed by atoms with E-state index in [1.54, 1.807) is 7.11 Å². The minimum absolute atomic E-state index is 0.0486. The molecular weight excluding hydrogens is 600 g/mol. The Bertz CT molecular complexity index is 1590. The summed E-state index contributed by atoms with van der Waals surface area (Å²) >= 11 is 0. The van der Waals surface area contributed by atoms with E-state index in [0.29, 0.717) is 13.2 Å². The number of aromatic amines is 1. The van der Waals surface area contributed by atoms with Gasteiger partial charge in [0.05, 0.1) is 39.1 Å². The quantitative estimate of drug-likeness (QED) is 0.183. The summed E-state index contributed by atoms with van der Waals surface area (Å²) in [6.07, 6.45) is 0.443. The van der Waals surface area contributed by atoms with E-state index in [4.69, 9.17) is 18.9 Å². The van der Waals surface area contributed by atoms with Crippen LogP contribution in [0.2, 0.25) is 0 Å². The standard InChI is InChI=1S/C32H38N4O10/c1-21-15-36(31(41)34-30(21)40)17-28(37)35(18-29(38)39)16-22(19-45-14-13-44-12-11-43-2)33-32(42)46-20-27-25-9-5-3-7-23(25)24-8-4-6-10-26(24)27/h3-10,15,22,27H,11-14,16-20H2,1-2H3,(H,33,42)(H,38,39)(H,34,40,41)/t22-/m1/s1. The number of methoxy groups -OCH3 is 1. The smallest absolute Gasteiger partial charge is 0.407 e. The van der Waals surface area contributed by atoms with E-state index in [-0.39, 0.29) is 44.5 Å². The highest BCUT2D eigenvalue weighted by Crippen LogP contribution is 2.44. The van der Waals surface area contributed by atoms with Crippen LogP contribution in [0.5, 0.6) is 0 Å². The lowest BCUT2D eigenvalue weighted by Crippen LogP contribution is -2.51. The Morgan fingerprint density at radius 3 is 2.26 bits per heavy atom. The van der Waals surface area contributed by atoms with E-state index in [0.717, 1.165) is 31.7 Å². The minimum Gasteiger partial charge on any atom is -0.480 e. The van der Waals surface area contributed by atoms with Crippen molar-refractivity contribution in [3.8, 4) is 11.1 Å². The molecule has 14 nitrogen and oxygen atoms in total. The average Bonchev–Trinajstić information content (AvgIpc) is 3.35. The number of H-pyrrole nitrogens is 1. The van der Waals surface area contributed by atoms with Gasteiger partial charge in [-0.25, -0.2) is 9.59 Å². The average molecular weight is 639 g/mol. The lowest BCUT2D eigenvalue weighted by Gasteiger charge is -2.27. The molecule has 0 bridgehead atoms. The van der Waals surface area contributed by atoms with Crippen molar-refractivity contribution in [1.82, 2.24) is 19.8 Å². The SMILES string of the molecule is COCCOCCOC[C@@H](CN(CC(=O)O)C(=O)Cn1cc(C)c(=O)[nH]c1=O)NC(=O)OCC1c2ccccc2-c2ccccc21. The molecule has 4 rings (SSSR count). The molecule has 2 aromatic carbocycles. The number of carbonyl (C=O) groups excluding carboxylic acids is 2. The Labute approximate surface area is 264 Å². The summed E-state index contributed by atoms with van der Waals surface area (Å²) in [5.41, 5.74) is 3.02. The molecule has 3 N–H and O–H groups in total. The number of carboxylic acids is 1. The number of benzene rings is 2. The van der Waals surface area contributed by atoms with Crippen LogP contribution >= 0.6 is 0 Å². The molecule has 1 aliphatic rings. The molecule has 0 spiro atoms. The summed E-state index contributed by atoms with van der Waals surface area (Å²) in [6, 6.07) is 14.9. The van der Waals surface area contributed by atoms with E-state index >= 15 is 0 Å². The number of hydrogen-bond donors (Lipinski definition) is 3. The van der Waals surface area contributed by atoms with Gasteiger partial charge < -0.3 is 34.3 Å². The van der Waals surface area contributed by atoms with Gasteiger partial charge in [-0.2, -0.15) is 0 Å². The number of aliphatic carboxylic acids is 1. The third-order valence-corrected chi connectivity index (χ3v) is 7.40. The van der Waals surface area contributed by atoms with Crippen LogP contribution in [0.4, 0.5) is 4.79 Å². The van der Waals surface area contributed by atoms with E-state index in [1.165, 1.54) is 13.1 Å². The second kappa shape index (κ2) is 16.5. The zero-order valence-corrected chi connectivity index (χ0v) is 25.7. The summed E-state index contributed by atoms with van der Waals surface area (Å²) in [6.45, 7) is 1.09. The fourth-order valence-electron chi connectivity index (χ4n) is 5.20. The van der Waals surface area contributed by atoms with Gasteiger partial charge in [-0.3, -0.25) is 23.9 Å². The molecule has 1 aromatic heterocycles. The van der Waals surface area contributed by atoms with Crippen LogP contribution in [0, 0.1) is 6.92 Å². The summed E-state index contributed by atoms with van der Waals surface area (Å²) in [4.78, 5) is 65.1. The van der Waals surface area contributed by atoms with Crippen molar-refractivity contribution in [2.75, 3.05) is 59.8 Å². The lowest BCUT2D eigenvalue weighted by atomic mass is 9.98. The highest BCUT2D eigenvalue weighted by Gasteiger charge is 2.30. The normalized spacial score (nSPS) is 12.7. The van der Waals surface area contributed by atoms with Gasteiger partial charge in [-0.05, 0) is 29.2 Å².